The van der Waals surface area contributed by atoms with Gasteiger partial charge in [0.25, 0.3) is 0 Å². The van der Waals surface area contributed by atoms with Crippen LogP contribution in [0.15, 0.2) is 12.7 Å². The van der Waals surface area contributed by atoms with Gasteiger partial charge >= 0.3 is 12.0 Å². The van der Waals surface area contributed by atoms with E-state index in [0.29, 0.717) is 6.54 Å². The highest BCUT2D eigenvalue weighted by Gasteiger charge is 2.33. The highest BCUT2D eigenvalue weighted by Crippen LogP contribution is 2.26. The van der Waals surface area contributed by atoms with Crippen LogP contribution in [0.4, 0.5) is 4.79 Å². The second-order valence-corrected chi connectivity index (χ2v) is 3.23. The van der Waals surface area contributed by atoms with Gasteiger partial charge in [0.2, 0.25) is 0 Å². The van der Waals surface area contributed by atoms with Crippen LogP contribution in [0.5, 0.6) is 0 Å². The van der Waals surface area contributed by atoms with Crippen molar-refractivity contribution in [1.29, 1.82) is 0 Å². The fourth-order valence-electron chi connectivity index (χ4n) is 1.16. The molecule has 5 heteroatoms. The zero-order valence-corrected chi connectivity index (χ0v) is 7.90. The number of urea groups is 1. The van der Waals surface area contributed by atoms with Gasteiger partial charge in [0.1, 0.15) is 6.54 Å². The monoisotopic (exact) mass is 198 g/mol. The van der Waals surface area contributed by atoms with Gasteiger partial charge in [0, 0.05) is 12.6 Å². The molecule has 0 unspecified atom stereocenters. The summed E-state index contributed by atoms with van der Waals surface area (Å²) in [6.07, 6.45) is 3.35. The van der Waals surface area contributed by atoms with Crippen LogP contribution < -0.4 is 5.32 Å². The van der Waals surface area contributed by atoms with Gasteiger partial charge in [-0.3, -0.25) is 4.79 Å². The number of hydrogen-bond donors (Lipinski definition) is 2. The number of carboxylic acids is 1. The largest absolute Gasteiger partial charge is 0.480 e. The van der Waals surface area contributed by atoms with Gasteiger partial charge in [-0.2, -0.15) is 0 Å². The van der Waals surface area contributed by atoms with Crippen LogP contribution in [0.2, 0.25) is 0 Å². The van der Waals surface area contributed by atoms with Crippen molar-refractivity contribution in [1.82, 2.24) is 10.2 Å². The van der Waals surface area contributed by atoms with Gasteiger partial charge in [-0.25, -0.2) is 4.79 Å². The standard InChI is InChI=1S/C9H14N2O3/c1-2-5-10-9(14)11(6-8(12)13)7-3-4-7/h2,7H,1,3-6H2,(H,10,14)(H,12,13). The third-order valence-electron chi connectivity index (χ3n) is 1.95. The third kappa shape index (κ3) is 3.08. The van der Waals surface area contributed by atoms with Crippen LogP contribution in [-0.2, 0) is 4.79 Å². The molecule has 5 nitrogen and oxygen atoms in total. The molecule has 1 aliphatic carbocycles. The van der Waals surface area contributed by atoms with E-state index in [-0.39, 0.29) is 18.6 Å². The number of amides is 2. The first kappa shape index (κ1) is 10.6. The summed E-state index contributed by atoms with van der Waals surface area (Å²) in [6.45, 7) is 3.60. The lowest BCUT2D eigenvalue weighted by Gasteiger charge is -2.20. The quantitative estimate of drug-likeness (QED) is 0.629. The molecule has 0 atom stereocenters. The first-order valence-electron chi connectivity index (χ1n) is 4.52. The average molecular weight is 198 g/mol. The average Bonchev–Trinajstić information content (AvgIpc) is 2.93. The van der Waals surface area contributed by atoms with Gasteiger partial charge in [-0.05, 0) is 12.8 Å². The van der Waals surface area contributed by atoms with E-state index in [9.17, 15) is 9.59 Å². The van der Waals surface area contributed by atoms with Crippen molar-refractivity contribution >= 4 is 12.0 Å². The Hall–Kier alpha value is -1.52. The molecule has 0 aromatic heterocycles. The van der Waals surface area contributed by atoms with E-state index in [0.717, 1.165) is 12.8 Å². The lowest BCUT2D eigenvalue weighted by atomic mass is 10.5. The Morgan fingerprint density at radius 1 is 1.57 bits per heavy atom. The molecule has 1 saturated carbocycles. The Morgan fingerprint density at radius 2 is 2.21 bits per heavy atom. The fourth-order valence-corrected chi connectivity index (χ4v) is 1.16. The molecule has 0 aromatic rings. The minimum Gasteiger partial charge on any atom is -0.480 e. The van der Waals surface area contributed by atoms with Gasteiger partial charge < -0.3 is 15.3 Å². The molecule has 2 amide bonds. The molecular weight excluding hydrogens is 184 g/mol. The fraction of sp³-hybridized carbons (Fsp3) is 0.556. The summed E-state index contributed by atoms with van der Waals surface area (Å²) in [5, 5.41) is 11.2. The van der Waals surface area contributed by atoms with Crippen molar-refractivity contribution in [3.05, 3.63) is 12.7 Å². The summed E-state index contributed by atoms with van der Waals surface area (Å²) >= 11 is 0. The van der Waals surface area contributed by atoms with E-state index >= 15 is 0 Å². The maximum atomic E-state index is 11.4. The highest BCUT2D eigenvalue weighted by molar-refractivity contribution is 5.80. The number of nitrogens with one attached hydrogen (secondary N) is 1. The predicted octanol–water partition coefficient (Wildman–Crippen LogP) is 0.431. The van der Waals surface area contributed by atoms with Crippen molar-refractivity contribution in [2.24, 2.45) is 0 Å². The van der Waals surface area contributed by atoms with E-state index in [2.05, 4.69) is 11.9 Å². The number of hydrogen-bond acceptors (Lipinski definition) is 2. The first-order chi connectivity index (χ1) is 6.65. The summed E-state index contributed by atoms with van der Waals surface area (Å²) < 4.78 is 0. The van der Waals surface area contributed by atoms with Gasteiger partial charge in [0.15, 0.2) is 0 Å². The van der Waals surface area contributed by atoms with E-state index in [1.54, 1.807) is 6.08 Å². The van der Waals surface area contributed by atoms with Crippen LogP contribution in [0.3, 0.4) is 0 Å². The van der Waals surface area contributed by atoms with Gasteiger partial charge in [-0.15, -0.1) is 6.58 Å². The Balaban J connectivity index is 2.44. The molecule has 0 radical (unpaired) electrons. The zero-order chi connectivity index (χ0) is 10.6. The van der Waals surface area contributed by atoms with Gasteiger partial charge in [0.05, 0.1) is 0 Å². The number of carbonyl (C=O) groups is 2. The molecule has 78 valence electrons. The van der Waals surface area contributed by atoms with Crippen LogP contribution in [0, 0.1) is 0 Å². The molecule has 1 rings (SSSR count). The van der Waals surface area contributed by atoms with E-state index in [4.69, 9.17) is 5.11 Å². The summed E-state index contributed by atoms with van der Waals surface area (Å²) in [7, 11) is 0. The zero-order valence-electron chi connectivity index (χ0n) is 7.90. The van der Waals surface area contributed by atoms with Crippen LogP contribution in [0.25, 0.3) is 0 Å². The van der Waals surface area contributed by atoms with Crippen molar-refractivity contribution in [2.45, 2.75) is 18.9 Å². The van der Waals surface area contributed by atoms with Crippen molar-refractivity contribution in [3.8, 4) is 0 Å². The SMILES string of the molecule is C=CCNC(=O)N(CC(=O)O)C1CC1. The molecule has 0 bridgehead atoms. The summed E-state index contributed by atoms with van der Waals surface area (Å²) in [5.74, 6) is -0.981. The minimum absolute atomic E-state index is 0.107. The number of aliphatic carboxylic acids is 1. The number of nitrogens with zero attached hydrogens (tertiary/aromatic N) is 1. The molecular formula is C9H14N2O3. The number of rotatable bonds is 5. The smallest absolute Gasteiger partial charge is 0.323 e. The lowest BCUT2D eigenvalue weighted by molar-refractivity contribution is -0.137. The maximum Gasteiger partial charge on any atom is 0.323 e. The van der Waals surface area contributed by atoms with Crippen molar-refractivity contribution < 1.29 is 14.7 Å². The highest BCUT2D eigenvalue weighted by atomic mass is 16.4. The van der Waals surface area contributed by atoms with Crippen molar-refractivity contribution in [2.75, 3.05) is 13.1 Å². The first-order valence-corrected chi connectivity index (χ1v) is 4.52. The molecule has 1 fully saturated rings. The Labute approximate surface area is 82.4 Å². The van der Waals surface area contributed by atoms with E-state index < -0.39 is 5.97 Å². The summed E-state index contributed by atoms with van der Waals surface area (Å²) in [5.41, 5.74) is 0. The molecule has 0 aliphatic heterocycles. The Kier molecular flexibility index (Phi) is 3.50. The summed E-state index contributed by atoms with van der Waals surface area (Å²) in [6, 6.07) is -0.217. The lowest BCUT2D eigenvalue weighted by Crippen LogP contribution is -2.44. The van der Waals surface area contributed by atoms with Gasteiger partial charge in [-0.1, -0.05) is 6.08 Å². The van der Waals surface area contributed by atoms with Crippen LogP contribution >= 0.6 is 0 Å². The molecule has 0 saturated heterocycles. The summed E-state index contributed by atoms with van der Waals surface area (Å²) in [4.78, 5) is 23.3. The third-order valence-corrected chi connectivity index (χ3v) is 1.95. The second-order valence-electron chi connectivity index (χ2n) is 3.23. The topological polar surface area (TPSA) is 69.6 Å². The second kappa shape index (κ2) is 4.64. The Morgan fingerprint density at radius 3 is 2.64 bits per heavy atom. The predicted molar refractivity (Wildman–Crippen MR) is 51.0 cm³/mol. The number of carboxylic acid groups (broad SMARTS) is 1. The molecule has 1 aliphatic rings. The normalized spacial score (nSPS) is 14.6. The molecule has 2 N–H and O–H groups in total. The molecule has 14 heavy (non-hydrogen) atoms. The number of carbonyl (C=O) groups excluding carboxylic acids is 1. The van der Waals surface area contributed by atoms with Crippen LogP contribution in [-0.4, -0.2) is 41.1 Å². The molecule has 0 heterocycles. The van der Waals surface area contributed by atoms with Crippen LogP contribution in [0.1, 0.15) is 12.8 Å². The van der Waals surface area contributed by atoms with E-state index in [1.807, 2.05) is 0 Å². The Bertz CT molecular complexity index is 248. The van der Waals surface area contributed by atoms with Crippen molar-refractivity contribution in [3.63, 3.8) is 0 Å². The minimum atomic E-state index is -0.981. The molecule has 0 aromatic carbocycles. The molecule has 0 spiro atoms. The maximum absolute atomic E-state index is 11.4. The van der Waals surface area contributed by atoms with E-state index in [1.165, 1.54) is 4.90 Å².